The van der Waals surface area contributed by atoms with Gasteiger partial charge in [0.05, 0.1) is 11.6 Å². The van der Waals surface area contributed by atoms with Crippen molar-refractivity contribution in [1.29, 1.82) is 0 Å². The Morgan fingerprint density at radius 2 is 2.14 bits per heavy atom. The second kappa shape index (κ2) is 7.13. The Morgan fingerprint density at radius 1 is 1.36 bits per heavy atom. The quantitative estimate of drug-likeness (QED) is 0.927. The molecule has 1 N–H and O–H groups in total. The molecule has 0 aliphatic carbocycles. The summed E-state index contributed by atoms with van der Waals surface area (Å²) < 4.78 is 37.9. The van der Waals surface area contributed by atoms with E-state index < -0.39 is 11.7 Å². The van der Waals surface area contributed by atoms with E-state index in [0.29, 0.717) is 18.5 Å². The molecule has 1 amide bonds. The standard InChI is InChI=1S/C16H21F3N2O/c1-21-10-3-2-7-14(21)15(22)20-9-8-12-5-4-6-13(11-12)16(17,18)19/h4-6,11,14H,2-3,7-10H2,1H3,(H,20,22)/t14-/m0/s1. The highest BCUT2D eigenvalue weighted by atomic mass is 19.4. The minimum atomic E-state index is -4.33. The van der Waals surface area contributed by atoms with Crippen molar-refractivity contribution in [3.63, 3.8) is 0 Å². The number of rotatable bonds is 4. The van der Waals surface area contributed by atoms with Crippen LogP contribution in [-0.2, 0) is 17.4 Å². The molecular weight excluding hydrogens is 293 g/mol. The van der Waals surface area contributed by atoms with E-state index in [0.717, 1.165) is 37.9 Å². The van der Waals surface area contributed by atoms with Crippen LogP contribution in [0.4, 0.5) is 13.2 Å². The molecule has 22 heavy (non-hydrogen) atoms. The number of carbonyl (C=O) groups excluding carboxylic acids is 1. The van der Waals surface area contributed by atoms with Gasteiger partial charge in [-0.15, -0.1) is 0 Å². The molecule has 1 aliphatic rings. The van der Waals surface area contributed by atoms with Gasteiger partial charge in [-0.1, -0.05) is 24.6 Å². The molecule has 1 heterocycles. The van der Waals surface area contributed by atoms with Crippen LogP contribution in [0.5, 0.6) is 0 Å². The normalized spacial score (nSPS) is 19.9. The van der Waals surface area contributed by atoms with Gasteiger partial charge in [0.15, 0.2) is 0 Å². The van der Waals surface area contributed by atoms with Crippen LogP contribution in [0, 0.1) is 0 Å². The maximum Gasteiger partial charge on any atom is 0.416 e. The fourth-order valence-electron chi connectivity index (χ4n) is 2.76. The fourth-order valence-corrected chi connectivity index (χ4v) is 2.76. The van der Waals surface area contributed by atoms with Gasteiger partial charge in [0.1, 0.15) is 0 Å². The average Bonchev–Trinajstić information content (AvgIpc) is 2.47. The number of amides is 1. The van der Waals surface area contributed by atoms with Gasteiger partial charge in [-0.05, 0) is 44.5 Å². The lowest BCUT2D eigenvalue weighted by atomic mass is 10.0. The molecule has 3 nitrogen and oxygen atoms in total. The van der Waals surface area contributed by atoms with Crippen LogP contribution in [0.2, 0.25) is 0 Å². The lowest BCUT2D eigenvalue weighted by Crippen LogP contribution is -2.47. The lowest BCUT2D eigenvalue weighted by Gasteiger charge is -2.31. The molecule has 0 bridgehead atoms. The zero-order chi connectivity index (χ0) is 16.2. The first-order chi connectivity index (χ1) is 10.4. The van der Waals surface area contributed by atoms with Crippen molar-refractivity contribution in [3.05, 3.63) is 35.4 Å². The summed E-state index contributed by atoms with van der Waals surface area (Å²) in [6.45, 7) is 1.26. The SMILES string of the molecule is CN1CCCC[C@H]1C(=O)NCCc1cccc(C(F)(F)F)c1. The number of piperidine rings is 1. The second-order valence-corrected chi connectivity index (χ2v) is 5.73. The molecule has 0 aromatic heterocycles. The summed E-state index contributed by atoms with van der Waals surface area (Å²) in [4.78, 5) is 14.1. The molecule has 1 atom stereocenters. The van der Waals surface area contributed by atoms with Crippen LogP contribution in [0.1, 0.15) is 30.4 Å². The summed E-state index contributed by atoms with van der Waals surface area (Å²) in [6.07, 6.45) is -0.956. The summed E-state index contributed by atoms with van der Waals surface area (Å²) >= 11 is 0. The molecule has 0 radical (unpaired) electrons. The van der Waals surface area contributed by atoms with Gasteiger partial charge in [-0.25, -0.2) is 0 Å². The van der Waals surface area contributed by atoms with Gasteiger partial charge >= 0.3 is 6.18 Å². The number of hydrogen-bond acceptors (Lipinski definition) is 2. The van der Waals surface area contributed by atoms with Crippen LogP contribution in [0.3, 0.4) is 0 Å². The van der Waals surface area contributed by atoms with E-state index in [4.69, 9.17) is 0 Å². The number of hydrogen-bond donors (Lipinski definition) is 1. The number of halogens is 3. The fraction of sp³-hybridized carbons (Fsp3) is 0.562. The molecule has 6 heteroatoms. The van der Waals surface area contributed by atoms with Gasteiger partial charge in [0, 0.05) is 6.54 Å². The number of nitrogens with one attached hydrogen (secondary N) is 1. The van der Waals surface area contributed by atoms with E-state index in [9.17, 15) is 18.0 Å². The van der Waals surface area contributed by atoms with E-state index in [1.54, 1.807) is 6.07 Å². The Kier molecular flexibility index (Phi) is 5.45. The van der Waals surface area contributed by atoms with Gasteiger partial charge in [-0.2, -0.15) is 13.2 Å². The third-order valence-corrected chi connectivity index (χ3v) is 4.04. The van der Waals surface area contributed by atoms with Gasteiger partial charge < -0.3 is 5.32 Å². The molecule has 1 saturated heterocycles. The predicted octanol–water partition coefficient (Wildman–Crippen LogP) is 2.85. The Morgan fingerprint density at radius 3 is 2.82 bits per heavy atom. The first-order valence-corrected chi connectivity index (χ1v) is 7.52. The van der Waals surface area contributed by atoms with Crippen molar-refractivity contribution in [2.45, 2.75) is 37.9 Å². The molecule has 1 aliphatic heterocycles. The summed E-state index contributed by atoms with van der Waals surface area (Å²) in [6, 6.07) is 5.12. The summed E-state index contributed by atoms with van der Waals surface area (Å²) in [7, 11) is 1.93. The van der Waals surface area contributed by atoms with Crippen molar-refractivity contribution < 1.29 is 18.0 Å². The lowest BCUT2D eigenvalue weighted by molar-refractivity contribution is -0.137. The number of likely N-dealkylation sites (tertiary alicyclic amines) is 1. The van der Waals surface area contributed by atoms with Crippen LogP contribution in [-0.4, -0.2) is 37.0 Å². The van der Waals surface area contributed by atoms with Crippen LogP contribution >= 0.6 is 0 Å². The van der Waals surface area contributed by atoms with Gasteiger partial charge in [-0.3, -0.25) is 9.69 Å². The summed E-state index contributed by atoms with van der Waals surface area (Å²) in [5.74, 6) is -0.0332. The maximum absolute atomic E-state index is 12.6. The topological polar surface area (TPSA) is 32.3 Å². The minimum absolute atomic E-state index is 0.0332. The molecule has 1 fully saturated rings. The van der Waals surface area contributed by atoms with Gasteiger partial charge in [0.25, 0.3) is 0 Å². The third kappa shape index (κ3) is 4.47. The van der Waals surface area contributed by atoms with Crippen molar-refractivity contribution in [2.24, 2.45) is 0 Å². The molecule has 0 unspecified atom stereocenters. The molecular formula is C16H21F3N2O. The summed E-state index contributed by atoms with van der Waals surface area (Å²) in [5, 5.41) is 2.83. The zero-order valence-corrected chi connectivity index (χ0v) is 12.6. The molecule has 1 aromatic rings. The molecule has 122 valence electrons. The number of alkyl halides is 3. The Balaban J connectivity index is 1.84. The number of carbonyl (C=O) groups is 1. The first kappa shape index (κ1) is 16.8. The minimum Gasteiger partial charge on any atom is -0.354 e. The highest BCUT2D eigenvalue weighted by Gasteiger charge is 2.30. The van der Waals surface area contributed by atoms with Crippen LogP contribution < -0.4 is 5.32 Å². The average molecular weight is 314 g/mol. The van der Waals surface area contributed by atoms with E-state index >= 15 is 0 Å². The molecule has 0 saturated carbocycles. The van der Waals surface area contributed by atoms with Crippen molar-refractivity contribution >= 4 is 5.91 Å². The van der Waals surface area contributed by atoms with Crippen molar-refractivity contribution in [1.82, 2.24) is 10.2 Å². The van der Waals surface area contributed by atoms with Gasteiger partial charge in [0.2, 0.25) is 5.91 Å². The summed E-state index contributed by atoms with van der Waals surface area (Å²) in [5.41, 5.74) is -0.0736. The maximum atomic E-state index is 12.6. The third-order valence-electron chi connectivity index (χ3n) is 4.04. The number of likely N-dealkylation sites (N-methyl/N-ethyl adjacent to an activating group) is 1. The van der Waals surface area contributed by atoms with Crippen LogP contribution in [0.15, 0.2) is 24.3 Å². The highest BCUT2D eigenvalue weighted by molar-refractivity contribution is 5.81. The molecule has 0 spiro atoms. The molecule has 1 aromatic carbocycles. The smallest absolute Gasteiger partial charge is 0.354 e. The highest BCUT2D eigenvalue weighted by Crippen LogP contribution is 2.29. The first-order valence-electron chi connectivity index (χ1n) is 7.52. The number of benzene rings is 1. The van der Waals surface area contributed by atoms with Crippen LogP contribution in [0.25, 0.3) is 0 Å². The largest absolute Gasteiger partial charge is 0.416 e. The monoisotopic (exact) mass is 314 g/mol. The van der Waals surface area contributed by atoms with E-state index in [-0.39, 0.29) is 11.9 Å². The zero-order valence-electron chi connectivity index (χ0n) is 12.6. The number of nitrogens with zero attached hydrogens (tertiary/aromatic N) is 1. The van der Waals surface area contributed by atoms with E-state index in [1.165, 1.54) is 6.07 Å². The molecule has 2 rings (SSSR count). The Labute approximate surface area is 128 Å². The second-order valence-electron chi connectivity index (χ2n) is 5.73. The van der Waals surface area contributed by atoms with E-state index in [2.05, 4.69) is 5.32 Å². The predicted molar refractivity (Wildman–Crippen MR) is 78.4 cm³/mol. The Bertz CT molecular complexity index is 516. The van der Waals surface area contributed by atoms with Crippen molar-refractivity contribution in [2.75, 3.05) is 20.1 Å². The Hall–Kier alpha value is -1.56. The van der Waals surface area contributed by atoms with Crippen molar-refractivity contribution in [3.8, 4) is 0 Å². The van der Waals surface area contributed by atoms with E-state index in [1.807, 2.05) is 11.9 Å².